The highest BCUT2D eigenvalue weighted by Crippen LogP contribution is 2.31. The fraction of sp³-hybridized carbons (Fsp3) is 0.333. The Hall–Kier alpha value is -1.08. The Labute approximate surface area is 91.1 Å². The summed E-state index contributed by atoms with van der Waals surface area (Å²) >= 11 is 0. The molecule has 0 saturated heterocycles. The van der Waals surface area contributed by atoms with Gasteiger partial charge in [0, 0.05) is 0 Å². The predicted molar refractivity (Wildman–Crippen MR) is 52.2 cm³/mol. The summed E-state index contributed by atoms with van der Waals surface area (Å²) in [6.07, 6.45) is -4.32. The molecule has 16 heavy (non-hydrogen) atoms. The average Bonchev–Trinajstić information content (AvgIpc) is 2.14. The summed E-state index contributed by atoms with van der Waals surface area (Å²) in [7, 11) is -3.98. The molecule has 1 aromatic carbocycles. The highest BCUT2D eigenvalue weighted by molar-refractivity contribution is 7.89. The first-order valence-electron chi connectivity index (χ1n) is 4.39. The molecule has 0 heterocycles. The van der Waals surface area contributed by atoms with Crippen LogP contribution in [0.15, 0.2) is 23.1 Å². The van der Waals surface area contributed by atoms with Crippen LogP contribution in [0.2, 0.25) is 0 Å². The van der Waals surface area contributed by atoms with E-state index in [0.717, 1.165) is 12.1 Å². The average molecular weight is 253 g/mol. The second-order valence-corrected chi connectivity index (χ2v) is 4.75. The van der Waals surface area contributed by atoms with Gasteiger partial charge in [-0.3, -0.25) is 0 Å². The maximum absolute atomic E-state index is 12.4. The van der Waals surface area contributed by atoms with Gasteiger partial charge in [0.15, 0.2) is 0 Å². The van der Waals surface area contributed by atoms with Crippen LogP contribution in [0.4, 0.5) is 13.2 Å². The lowest BCUT2D eigenvalue weighted by Crippen LogP contribution is -2.15. The molecule has 7 heteroatoms. The van der Waals surface area contributed by atoms with Crippen LogP contribution < -0.4 is 5.14 Å². The van der Waals surface area contributed by atoms with Crippen LogP contribution in [-0.4, -0.2) is 8.42 Å². The van der Waals surface area contributed by atoms with Crippen molar-refractivity contribution in [1.82, 2.24) is 0 Å². The molecule has 1 aromatic rings. The van der Waals surface area contributed by atoms with Crippen molar-refractivity contribution in [2.24, 2.45) is 5.14 Å². The van der Waals surface area contributed by atoms with Crippen molar-refractivity contribution in [3.63, 3.8) is 0 Å². The van der Waals surface area contributed by atoms with Crippen molar-refractivity contribution in [3.05, 3.63) is 29.3 Å². The molecule has 0 bridgehead atoms. The molecular formula is C9H10F3NO2S. The first kappa shape index (κ1) is 13.0. The molecule has 0 radical (unpaired) electrons. The number of hydrogen-bond acceptors (Lipinski definition) is 2. The zero-order chi connectivity index (χ0) is 12.6. The number of sulfonamides is 1. The molecule has 0 atom stereocenters. The van der Waals surface area contributed by atoms with Crippen LogP contribution in [0.25, 0.3) is 0 Å². The maximum Gasteiger partial charge on any atom is 0.416 e. The number of alkyl halides is 3. The number of hydrogen-bond donors (Lipinski definition) is 1. The van der Waals surface area contributed by atoms with E-state index in [9.17, 15) is 21.6 Å². The van der Waals surface area contributed by atoms with Crippen LogP contribution in [0.3, 0.4) is 0 Å². The topological polar surface area (TPSA) is 60.2 Å². The number of halogens is 3. The number of rotatable bonds is 2. The molecule has 1 rings (SSSR count). The van der Waals surface area contributed by atoms with E-state index in [4.69, 9.17) is 5.14 Å². The zero-order valence-electron chi connectivity index (χ0n) is 8.38. The molecule has 0 spiro atoms. The third-order valence-electron chi connectivity index (χ3n) is 2.08. The number of nitrogens with two attached hydrogens (primary N) is 1. The largest absolute Gasteiger partial charge is 0.416 e. The summed E-state index contributed by atoms with van der Waals surface area (Å²) in [6, 6.07) is 2.40. The van der Waals surface area contributed by atoms with Gasteiger partial charge in [-0.15, -0.1) is 0 Å². The molecule has 0 aliphatic carbocycles. The highest BCUT2D eigenvalue weighted by Gasteiger charge is 2.31. The molecule has 0 aliphatic rings. The van der Waals surface area contributed by atoms with Crippen molar-refractivity contribution in [2.45, 2.75) is 24.4 Å². The first-order valence-corrected chi connectivity index (χ1v) is 5.94. The lowest BCUT2D eigenvalue weighted by Gasteiger charge is -2.11. The molecule has 0 unspecified atom stereocenters. The fourth-order valence-electron chi connectivity index (χ4n) is 1.31. The van der Waals surface area contributed by atoms with Gasteiger partial charge in [0.2, 0.25) is 10.0 Å². The molecule has 0 aromatic heterocycles. The molecular weight excluding hydrogens is 243 g/mol. The van der Waals surface area contributed by atoms with E-state index in [2.05, 4.69) is 0 Å². The highest BCUT2D eigenvalue weighted by atomic mass is 32.2. The minimum absolute atomic E-state index is 0.0670. The van der Waals surface area contributed by atoms with Crippen LogP contribution in [0.1, 0.15) is 18.1 Å². The smallest absolute Gasteiger partial charge is 0.225 e. The van der Waals surface area contributed by atoms with E-state index in [1.807, 2.05) is 0 Å². The summed E-state index contributed by atoms with van der Waals surface area (Å²) in [5.41, 5.74) is -0.811. The van der Waals surface area contributed by atoms with Crippen molar-refractivity contribution < 1.29 is 21.6 Å². The Balaban J connectivity index is 3.40. The third-order valence-corrected chi connectivity index (χ3v) is 3.09. The van der Waals surface area contributed by atoms with Gasteiger partial charge in [-0.25, -0.2) is 13.6 Å². The van der Waals surface area contributed by atoms with E-state index in [1.165, 1.54) is 0 Å². The Morgan fingerprint density at radius 2 is 1.88 bits per heavy atom. The van der Waals surface area contributed by atoms with Crippen LogP contribution >= 0.6 is 0 Å². The van der Waals surface area contributed by atoms with Crippen molar-refractivity contribution in [1.29, 1.82) is 0 Å². The fourth-order valence-corrected chi connectivity index (χ4v) is 2.14. The Bertz CT molecular complexity index is 494. The van der Waals surface area contributed by atoms with Gasteiger partial charge in [-0.1, -0.05) is 6.92 Å². The van der Waals surface area contributed by atoms with E-state index in [0.29, 0.717) is 6.07 Å². The molecule has 0 fully saturated rings. The SMILES string of the molecule is CCc1cc(C(F)(F)F)ccc1S(N)(=O)=O. The van der Waals surface area contributed by atoms with Crippen LogP contribution in [0, 0.1) is 0 Å². The lowest BCUT2D eigenvalue weighted by atomic mass is 10.1. The van der Waals surface area contributed by atoms with E-state index < -0.39 is 21.8 Å². The number of benzene rings is 1. The Morgan fingerprint density at radius 1 is 1.31 bits per heavy atom. The molecule has 3 nitrogen and oxygen atoms in total. The summed E-state index contributed by atoms with van der Waals surface area (Å²) in [5.74, 6) is 0. The molecule has 2 N–H and O–H groups in total. The Kier molecular flexibility index (Phi) is 3.30. The van der Waals surface area contributed by atoms with Crippen molar-refractivity contribution in [3.8, 4) is 0 Å². The van der Waals surface area contributed by atoms with E-state index in [1.54, 1.807) is 6.92 Å². The summed E-state index contributed by atoms with van der Waals surface area (Å²) in [5, 5.41) is 4.88. The standard InChI is InChI=1S/C9H10F3NO2S/c1-2-6-5-7(9(10,11)12)3-4-8(6)16(13,14)15/h3-5H,2H2,1H3,(H2,13,14,15). The monoisotopic (exact) mass is 253 g/mol. The molecule has 90 valence electrons. The Morgan fingerprint density at radius 3 is 2.25 bits per heavy atom. The van der Waals surface area contributed by atoms with Gasteiger partial charge >= 0.3 is 6.18 Å². The lowest BCUT2D eigenvalue weighted by molar-refractivity contribution is -0.137. The van der Waals surface area contributed by atoms with Crippen molar-refractivity contribution in [2.75, 3.05) is 0 Å². The van der Waals surface area contributed by atoms with Crippen LogP contribution in [-0.2, 0) is 22.6 Å². The normalized spacial score (nSPS) is 12.8. The van der Waals surface area contributed by atoms with Gasteiger partial charge in [-0.05, 0) is 30.2 Å². The summed E-state index contributed by atoms with van der Waals surface area (Å²) in [4.78, 5) is -0.261. The van der Waals surface area contributed by atoms with Gasteiger partial charge in [0.25, 0.3) is 0 Å². The number of aryl methyl sites for hydroxylation is 1. The van der Waals surface area contributed by atoms with Gasteiger partial charge in [0.05, 0.1) is 10.5 Å². The zero-order valence-corrected chi connectivity index (χ0v) is 9.19. The van der Waals surface area contributed by atoms with E-state index in [-0.39, 0.29) is 16.9 Å². The predicted octanol–water partition coefficient (Wildman–Crippen LogP) is 1.92. The minimum atomic E-state index is -4.49. The summed E-state index contributed by atoms with van der Waals surface area (Å²) in [6.45, 7) is 1.56. The third kappa shape index (κ3) is 2.73. The van der Waals surface area contributed by atoms with Crippen molar-refractivity contribution >= 4 is 10.0 Å². The molecule has 0 amide bonds. The van der Waals surface area contributed by atoms with Gasteiger partial charge in [0.1, 0.15) is 0 Å². The summed E-state index contributed by atoms with van der Waals surface area (Å²) < 4.78 is 59.2. The maximum atomic E-state index is 12.4. The number of primary sulfonamides is 1. The van der Waals surface area contributed by atoms with Gasteiger partial charge < -0.3 is 0 Å². The first-order chi connectivity index (χ1) is 7.16. The quantitative estimate of drug-likeness (QED) is 0.875. The molecule has 0 saturated carbocycles. The minimum Gasteiger partial charge on any atom is -0.225 e. The van der Waals surface area contributed by atoms with Gasteiger partial charge in [-0.2, -0.15) is 13.2 Å². The van der Waals surface area contributed by atoms with E-state index >= 15 is 0 Å². The second kappa shape index (κ2) is 4.06. The second-order valence-electron chi connectivity index (χ2n) is 3.22. The van der Waals surface area contributed by atoms with Crippen LogP contribution in [0.5, 0.6) is 0 Å². The molecule has 0 aliphatic heterocycles.